The Bertz CT molecular complexity index is 831. The van der Waals surface area contributed by atoms with Crippen LogP contribution in [0.5, 0.6) is 0 Å². The van der Waals surface area contributed by atoms with Crippen molar-refractivity contribution in [2.24, 2.45) is 5.92 Å². The average molecular weight is 274 g/mol. The summed E-state index contributed by atoms with van der Waals surface area (Å²) in [4.78, 5) is 12.4. The third kappa shape index (κ3) is 1.80. The Morgan fingerprint density at radius 1 is 0.905 bits per heavy atom. The lowest BCUT2D eigenvalue weighted by Crippen LogP contribution is -2.12. The largest absolute Gasteiger partial charge is 0.289 e. The molecule has 0 bridgehead atoms. The average Bonchev–Trinajstić information content (AvgIpc) is 3.13. The molecule has 0 N–H and O–H groups in total. The molecule has 1 atom stereocenters. The van der Waals surface area contributed by atoms with Crippen LogP contribution in [0.1, 0.15) is 30.9 Å². The van der Waals surface area contributed by atoms with E-state index >= 15 is 0 Å². The number of rotatable bonds is 1. The van der Waals surface area contributed by atoms with E-state index in [-0.39, 0.29) is 5.43 Å². The van der Waals surface area contributed by atoms with Crippen LogP contribution in [0.3, 0.4) is 0 Å². The van der Waals surface area contributed by atoms with Crippen molar-refractivity contribution in [3.63, 3.8) is 0 Å². The lowest BCUT2D eigenvalue weighted by atomic mass is 9.78. The summed E-state index contributed by atoms with van der Waals surface area (Å²) in [5.74, 6) is 1.01. The fraction of sp³-hybridized carbons (Fsp3) is 0.250. The van der Waals surface area contributed by atoms with Gasteiger partial charge in [-0.3, -0.25) is 4.79 Å². The van der Waals surface area contributed by atoms with Crippen molar-refractivity contribution in [1.82, 2.24) is 0 Å². The molecule has 0 saturated heterocycles. The van der Waals surface area contributed by atoms with Gasteiger partial charge in [0.05, 0.1) is 0 Å². The first-order valence-electron chi connectivity index (χ1n) is 7.65. The lowest BCUT2D eigenvalue weighted by molar-refractivity contribution is 0.496. The highest BCUT2D eigenvalue weighted by Gasteiger charge is 2.33. The monoisotopic (exact) mass is 274 g/mol. The zero-order valence-corrected chi connectivity index (χ0v) is 12.4. The minimum atomic E-state index is 0.235. The van der Waals surface area contributed by atoms with Gasteiger partial charge >= 0.3 is 0 Å². The highest BCUT2D eigenvalue weighted by molar-refractivity contribution is 5.96. The zero-order valence-electron chi connectivity index (χ0n) is 12.4. The van der Waals surface area contributed by atoms with Gasteiger partial charge in [-0.1, -0.05) is 62.4 Å². The van der Waals surface area contributed by atoms with Gasteiger partial charge in [-0.15, -0.1) is 0 Å². The van der Waals surface area contributed by atoms with Gasteiger partial charge in [0.15, 0.2) is 5.43 Å². The third-order valence-electron chi connectivity index (χ3n) is 4.80. The maximum absolute atomic E-state index is 12.4. The van der Waals surface area contributed by atoms with Crippen LogP contribution >= 0.6 is 0 Å². The van der Waals surface area contributed by atoms with Gasteiger partial charge in [0.2, 0.25) is 0 Å². The zero-order chi connectivity index (χ0) is 14.6. The Kier molecular flexibility index (Phi) is 2.65. The second kappa shape index (κ2) is 4.42. The van der Waals surface area contributed by atoms with E-state index < -0.39 is 0 Å². The first-order valence-corrected chi connectivity index (χ1v) is 7.65. The summed E-state index contributed by atoms with van der Waals surface area (Å²) in [5.41, 5.74) is 7.08. The van der Waals surface area contributed by atoms with E-state index in [2.05, 4.69) is 50.2 Å². The molecule has 1 aliphatic carbocycles. The van der Waals surface area contributed by atoms with Crippen LogP contribution in [0, 0.1) is 5.92 Å². The molecule has 0 aliphatic heterocycles. The van der Waals surface area contributed by atoms with Crippen LogP contribution < -0.4 is 5.43 Å². The highest BCUT2D eigenvalue weighted by atomic mass is 16.1. The Labute approximate surface area is 124 Å². The van der Waals surface area contributed by atoms with Crippen LogP contribution in [0.15, 0.2) is 53.3 Å². The maximum Gasteiger partial charge on any atom is 0.195 e. The molecule has 0 spiro atoms. The number of fused-ring (bicyclic) bond motifs is 5. The standard InChI is InChI=1S/C20H18O/c1-12(2)17-11-13-7-3-4-8-14(13)18-19(20(18)21)16-10-6-5-9-15(16)17/h3-10,12,17H,11H2,1-2H3. The molecule has 3 aromatic carbocycles. The quantitative estimate of drug-likeness (QED) is 0.636. The molecule has 1 nitrogen and oxygen atoms in total. The van der Waals surface area contributed by atoms with Crippen molar-refractivity contribution in [3.8, 4) is 22.3 Å². The minimum Gasteiger partial charge on any atom is -0.289 e. The third-order valence-corrected chi connectivity index (χ3v) is 4.80. The summed E-state index contributed by atoms with van der Waals surface area (Å²) < 4.78 is 0. The molecule has 0 fully saturated rings. The van der Waals surface area contributed by atoms with E-state index in [1.54, 1.807) is 0 Å². The SMILES string of the molecule is CC(C)C1Cc2ccccc2-c2c(c2=O)-c2ccccc21. The molecule has 0 aromatic heterocycles. The number of hydrogen-bond acceptors (Lipinski definition) is 1. The number of benzene rings is 2. The fourth-order valence-electron chi connectivity index (χ4n) is 3.62. The van der Waals surface area contributed by atoms with E-state index in [1.165, 1.54) is 11.1 Å². The summed E-state index contributed by atoms with van der Waals surface area (Å²) >= 11 is 0. The molecule has 1 unspecified atom stereocenters. The van der Waals surface area contributed by atoms with Crippen molar-refractivity contribution < 1.29 is 0 Å². The van der Waals surface area contributed by atoms with E-state index in [0.717, 1.165) is 28.7 Å². The van der Waals surface area contributed by atoms with Crippen molar-refractivity contribution in [2.75, 3.05) is 0 Å². The van der Waals surface area contributed by atoms with Gasteiger partial charge in [-0.25, -0.2) is 0 Å². The molecule has 21 heavy (non-hydrogen) atoms. The first-order chi connectivity index (χ1) is 10.2. The van der Waals surface area contributed by atoms with E-state index in [0.29, 0.717) is 11.8 Å². The maximum atomic E-state index is 12.4. The predicted molar refractivity (Wildman–Crippen MR) is 87.2 cm³/mol. The fourth-order valence-corrected chi connectivity index (χ4v) is 3.62. The molecule has 4 rings (SSSR count). The topological polar surface area (TPSA) is 17.1 Å². The summed E-state index contributed by atoms with van der Waals surface area (Å²) in [6, 6.07) is 16.8. The van der Waals surface area contributed by atoms with E-state index in [4.69, 9.17) is 0 Å². The van der Waals surface area contributed by atoms with Crippen LogP contribution in [-0.4, -0.2) is 0 Å². The molecule has 1 aliphatic rings. The van der Waals surface area contributed by atoms with Crippen molar-refractivity contribution in [1.29, 1.82) is 0 Å². The van der Waals surface area contributed by atoms with Gasteiger partial charge in [0, 0.05) is 11.1 Å². The predicted octanol–water partition coefficient (Wildman–Crippen LogP) is 4.55. The molecule has 0 heterocycles. The van der Waals surface area contributed by atoms with E-state index in [1.807, 2.05) is 12.1 Å². The van der Waals surface area contributed by atoms with Gasteiger partial charge in [0.1, 0.15) is 0 Å². The summed E-state index contributed by atoms with van der Waals surface area (Å²) in [6.45, 7) is 4.55. The molecular formula is C20H18O. The molecule has 0 saturated carbocycles. The normalized spacial score (nSPS) is 17.0. The Hall–Kier alpha value is -2.15. The smallest absolute Gasteiger partial charge is 0.195 e. The summed E-state index contributed by atoms with van der Waals surface area (Å²) in [5, 5.41) is 0. The first kappa shape index (κ1) is 12.6. The second-order valence-corrected chi connectivity index (χ2v) is 6.38. The van der Waals surface area contributed by atoms with Crippen molar-refractivity contribution in [3.05, 3.63) is 69.9 Å². The molecule has 0 radical (unpaired) electrons. The van der Waals surface area contributed by atoms with Gasteiger partial charge in [0.25, 0.3) is 0 Å². The molecule has 1 heteroatoms. The number of hydrogen-bond donors (Lipinski definition) is 0. The molecular weight excluding hydrogens is 256 g/mol. The molecule has 3 aromatic rings. The molecule has 104 valence electrons. The van der Waals surface area contributed by atoms with Crippen molar-refractivity contribution >= 4 is 0 Å². The van der Waals surface area contributed by atoms with Crippen LogP contribution in [-0.2, 0) is 6.42 Å². The highest BCUT2D eigenvalue weighted by Crippen LogP contribution is 2.45. The second-order valence-electron chi connectivity index (χ2n) is 6.38. The summed E-state index contributed by atoms with van der Waals surface area (Å²) in [6.07, 6.45) is 1.01. The molecule has 0 amide bonds. The van der Waals surface area contributed by atoms with Crippen LogP contribution in [0.4, 0.5) is 0 Å². The van der Waals surface area contributed by atoms with Gasteiger partial charge in [-0.2, -0.15) is 0 Å². The van der Waals surface area contributed by atoms with Crippen LogP contribution in [0.2, 0.25) is 0 Å². The van der Waals surface area contributed by atoms with E-state index in [9.17, 15) is 4.79 Å². The van der Waals surface area contributed by atoms with Crippen LogP contribution in [0.25, 0.3) is 22.3 Å². The van der Waals surface area contributed by atoms with Crippen molar-refractivity contribution in [2.45, 2.75) is 26.2 Å². The summed E-state index contributed by atoms with van der Waals surface area (Å²) in [7, 11) is 0. The Morgan fingerprint density at radius 3 is 2.29 bits per heavy atom. The Morgan fingerprint density at radius 2 is 1.52 bits per heavy atom. The van der Waals surface area contributed by atoms with Gasteiger partial charge < -0.3 is 0 Å². The lowest BCUT2D eigenvalue weighted by Gasteiger charge is -2.25. The van der Waals surface area contributed by atoms with Gasteiger partial charge in [-0.05, 0) is 40.5 Å². The minimum absolute atomic E-state index is 0.235. The Balaban J connectivity index is 2.02.